The predicted octanol–water partition coefficient (Wildman–Crippen LogP) is 0.211. The van der Waals surface area contributed by atoms with E-state index in [1.165, 1.54) is 21.5 Å². The molecule has 0 spiro atoms. The number of aryl methyl sites for hydroxylation is 2. The van der Waals surface area contributed by atoms with Crippen molar-refractivity contribution in [3.05, 3.63) is 28.8 Å². The van der Waals surface area contributed by atoms with Crippen molar-refractivity contribution in [3.63, 3.8) is 0 Å². The lowest BCUT2D eigenvalue weighted by Crippen LogP contribution is -2.28. The Morgan fingerprint density at radius 2 is 1.59 bits per heavy atom. The van der Waals surface area contributed by atoms with Gasteiger partial charge in [-0.25, -0.2) is 0 Å². The van der Waals surface area contributed by atoms with Crippen molar-refractivity contribution in [1.29, 1.82) is 0 Å². The summed E-state index contributed by atoms with van der Waals surface area (Å²) in [7, 11) is 2.08. The predicted molar refractivity (Wildman–Crippen MR) is 68.9 cm³/mol. The van der Waals surface area contributed by atoms with Gasteiger partial charge in [-0.15, -0.1) is 0 Å². The minimum atomic E-state index is -0.0501. The minimum Gasteiger partial charge on any atom is -0.278 e. The van der Waals surface area contributed by atoms with Gasteiger partial charge in [-0.2, -0.15) is 0 Å². The van der Waals surface area contributed by atoms with Gasteiger partial charge < -0.3 is 0 Å². The zero-order valence-electron chi connectivity index (χ0n) is 10.5. The summed E-state index contributed by atoms with van der Waals surface area (Å²) in [5.74, 6) is -0.100. The van der Waals surface area contributed by atoms with Gasteiger partial charge in [0, 0.05) is 12.8 Å². The Morgan fingerprint density at radius 3 is 2.06 bits per heavy atom. The molecular formula is C13H16BNO2. The van der Waals surface area contributed by atoms with Gasteiger partial charge in [0.05, 0.1) is 6.54 Å². The highest BCUT2D eigenvalue weighted by atomic mass is 16.2. The minimum absolute atomic E-state index is 0.0501. The first kappa shape index (κ1) is 11.9. The molecule has 1 fully saturated rings. The molecule has 2 amide bonds. The molecule has 0 radical (unpaired) electrons. The van der Waals surface area contributed by atoms with E-state index in [0.717, 1.165) is 5.56 Å². The smallest absolute Gasteiger partial charge is 0.229 e. The first-order valence-electron chi connectivity index (χ1n) is 5.89. The molecule has 0 atom stereocenters. The topological polar surface area (TPSA) is 37.4 Å². The Hall–Kier alpha value is -1.58. The summed E-state index contributed by atoms with van der Waals surface area (Å²) in [4.78, 5) is 24.4. The second kappa shape index (κ2) is 4.36. The van der Waals surface area contributed by atoms with Crippen LogP contribution in [0.5, 0.6) is 0 Å². The third-order valence-electron chi connectivity index (χ3n) is 3.48. The van der Waals surface area contributed by atoms with Crippen LogP contribution in [0, 0.1) is 13.8 Å². The lowest BCUT2D eigenvalue weighted by Gasteiger charge is -2.16. The molecule has 0 saturated carbocycles. The van der Waals surface area contributed by atoms with Crippen LogP contribution in [0.25, 0.3) is 0 Å². The summed E-state index contributed by atoms with van der Waals surface area (Å²) in [6.45, 7) is 4.53. The maximum Gasteiger partial charge on any atom is 0.229 e. The molecule has 88 valence electrons. The second-order valence-corrected chi connectivity index (χ2v) is 4.73. The molecule has 0 aliphatic carbocycles. The van der Waals surface area contributed by atoms with Crippen LogP contribution in [0.1, 0.15) is 29.5 Å². The molecule has 2 rings (SSSR count). The van der Waals surface area contributed by atoms with Gasteiger partial charge >= 0.3 is 0 Å². The van der Waals surface area contributed by atoms with Crippen molar-refractivity contribution >= 4 is 25.1 Å². The lowest BCUT2D eigenvalue weighted by molar-refractivity contribution is -0.139. The summed E-state index contributed by atoms with van der Waals surface area (Å²) in [5, 5.41) is 0. The Bertz CT molecular complexity index is 457. The Morgan fingerprint density at radius 1 is 1.12 bits per heavy atom. The number of rotatable bonds is 2. The number of imide groups is 1. The first-order valence-corrected chi connectivity index (χ1v) is 5.89. The van der Waals surface area contributed by atoms with Gasteiger partial charge in [-0.05, 0) is 19.4 Å². The molecule has 1 aromatic carbocycles. The van der Waals surface area contributed by atoms with Crippen LogP contribution in [0.2, 0.25) is 0 Å². The summed E-state index contributed by atoms with van der Waals surface area (Å²) < 4.78 is 0. The van der Waals surface area contributed by atoms with Gasteiger partial charge in [-0.1, -0.05) is 28.7 Å². The number of nitrogens with zero attached hydrogens (tertiary/aromatic N) is 1. The summed E-state index contributed by atoms with van der Waals surface area (Å²) >= 11 is 0. The molecule has 0 bridgehead atoms. The third kappa shape index (κ3) is 2.26. The Labute approximate surface area is 102 Å². The number of benzene rings is 1. The van der Waals surface area contributed by atoms with Crippen molar-refractivity contribution in [2.45, 2.75) is 33.2 Å². The van der Waals surface area contributed by atoms with Crippen LogP contribution in [0.3, 0.4) is 0 Å². The van der Waals surface area contributed by atoms with Crippen LogP contribution in [0.15, 0.2) is 12.1 Å². The van der Waals surface area contributed by atoms with Gasteiger partial charge in [0.1, 0.15) is 7.85 Å². The van der Waals surface area contributed by atoms with E-state index in [9.17, 15) is 9.59 Å². The first-order chi connectivity index (χ1) is 7.99. The standard InChI is InChI=1S/C13H16BNO2/c1-8-5-10(6-9(2)13(8)14)7-15-11(16)3-4-12(15)17/h5-6H,3-4,7,14H2,1-2H3. The molecular weight excluding hydrogens is 213 g/mol. The number of carbonyl (C=O) groups excluding carboxylic acids is 2. The SMILES string of the molecule is Bc1c(C)cc(CN2C(=O)CCC2=O)cc1C. The van der Waals surface area contributed by atoms with Crippen LogP contribution in [0.4, 0.5) is 0 Å². The zero-order valence-corrected chi connectivity index (χ0v) is 10.5. The van der Waals surface area contributed by atoms with Gasteiger partial charge in [-0.3, -0.25) is 14.5 Å². The van der Waals surface area contributed by atoms with E-state index in [2.05, 4.69) is 33.8 Å². The fraction of sp³-hybridized carbons (Fsp3) is 0.385. The highest BCUT2D eigenvalue weighted by Crippen LogP contribution is 2.16. The highest BCUT2D eigenvalue weighted by Gasteiger charge is 2.28. The molecule has 17 heavy (non-hydrogen) atoms. The van der Waals surface area contributed by atoms with E-state index in [0.29, 0.717) is 19.4 Å². The number of carbonyl (C=O) groups is 2. The normalized spacial score (nSPS) is 15.8. The molecule has 1 aromatic rings. The van der Waals surface area contributed by atoms with Crippen LogP contribution in [-0.4, -0.2) is 24.6 Å². The van der Waals surface area contributed by atoms with E-state index < -0.39 is 0 Å². The van der Waals surface area contributed by atoms with Gasteiger partial charge in [0.2, 0.25) is 11.8 Å². The van der Waals surface area contributed by atoms with E-state index in [1.54, 1.807) is 0 Å². The summed E-state index contributed by atoms with van der Waals surface area (Å²) in [6.07, 6.45) is 0.727. The molecule has 4 heteroatoms. The number of hydrogen-bond donors (Lipinski definition) is 0. The number of amides is 2. The van der Waals surface area contributed by atoms with Crippen LogP contribution < -0.4 is 5.46 Å². The average molecular weight is 229 g/mol. The van der Waals surface area contributed by atoms with Gasteiger partial charge in [0.15, 0.2) is 0 Å². The highest BCUT2D eigenvalue weighted by molar-refractivity contribution is 6.34. The zero-order chi connectivity index (χ0) is 12.6. The molecule has 3 nitrogen and oxygen atoms in total. The molecule has 1 aliphatic rings. The van der Waals surface area contributed by atoms with E-state index in [-0.39, 0.29) is 11.8 Å². The molecule has 0 unspecified atom stereocenters. The fourth-order valence-electron chi connectivity index (χ4n) is 2.20. The lowest BCUT2D eigenvalue weighted by atomic mass is 9.85. The van der Waals surface area contributed by atoms with Crippen LogP contribution >= 0.6 is 0 Å². The quantitative estimate of drug-likeness (QED) is 0.537. The summed E-state index contributed by atoms with van der Waals surface area (Å²) in [5.41, 5.74) is 4.72. The maximum absolute atomic E-state index is 11.5. The number of likely N-dealkylation sites (tertiary alicyclic amines) is 1. The molecule has 1 saturated heterocycles. The van der Waals surface area contributed by atoms with E-state index >= 15 is 0 Å². The van der Waals surface area contributed by atoms with E-state index in [1.807, 2.05) is 0 Å². The largest absolute Gasteiger partial charge is 0.278 e. The third-order valence-corrected chi connectivity index (χ3v) is 3.48. The fourth-order valence-corrected chi connectivity index (χ4v) is 2.20. The number of hydrogen-bond acceptors (Lipinski definition) is 2. The van der Waals surface area contributed by atoms with Crippen molar-refractivity contribution in [3.8, 4) is 0 Å². The van der Waals surface area contributed by atoms with E-state index in [4.69, 9.17) is 0 Å². The maximum atomic E-state index is 11.5. The average Bonchev–Trinajstić information content (AvgIpc) is 2.57. The molecule has 1 aliphatic heterocycles. The van der Waals surface area contributed by atoms with Crippen LogP contribution in [-0.2, 0) is 16.1 Å². The van der Waals surface area contributed by atoms with Crippen molar-refractivity contribution < 1.29 is 9.59 Å². The molecule has 0 aromatic heterocycles. The Kier molecular flexibility index (Phi) is 3.05. The van der Waals surface area contributed by atoms with Crippen molar-refractivity contribution in [2.75, 3.05) is 0 Å². The summed E-state index contributed by atoms with van der Waals surface area (Å²) in [6, 6.07) is 4.11. The monoisotopic (exact) mass is 229 g/mol. The van der Waals surface area contributed by atoms with Crippen molar-refractivity contribution in [1.82, 2.24) is 4.90 Å². The second-order valence-electron chi connectivity index (χ2n) is 4.73. The van der Waals surface area contributed by atoms with Gasteiger partial charge in [0.25, 0.3) is 0 Å². The Balaban J connectivity index is 2.25. The molecule has 1 heterocycles. The molecule has 0 N–H and O–H groups in total. The van der Waals surface area contributed by atoms with Crippen molar-refractivity contribution in [2.24, 2.45) is 0 Å².